The van der Waals surface area contributed by atoms with Crippen LogP contribution < -0.4 is 10.6 Å². The average molecular weight is 407 g/mol. The zero-order valence-corrected chi connectivity index (χ0v) is 16.4. The van der Waals surface area contributed by atoms with Crippen LogP contribution in [0.15, 0.2) is 11.4 Å². The van der Waals surface area contributed by atoms with Gasteiger partial charge in [0.05, 0.1) is 4.88 Å². The van der Waals surface area contributed by atoms with Gasteiger partial charge < -0.3 is 5.32 Å². The van der Waals surface area contributed by atoms with Gasteiger partial charge in [-0.15, -0.1) is 46.3 Å². The largest absolute Gasteiger partial charge is 0.313 e. The lowest BCUT2D eigenvalue weighted by atomic mass is 10.2. The average Bonchev–Trinajstić information content (AvgIpc) is 3.38. The highest BCUT2D eigenvalue weighted by molar-refractivity contribution is 7.15. The monoisotopic (exact) mass is 406 g/mol. The molecule has 0 bridgehead atoms. The fraction of sp³-hybridized carbons (Fsp3) is 0.533. The van der Waals surface area contributed by atoms with Gasteiger partial charge in [-0.1, -0.05) is 11.3 Å². The molecule has 2 aliphatic carbocycles. The van der Waals surface area contributed by atoms with Crippen molar-refractivity contribution in [3.8, 4) is 0 Å². The van der Waals surface area contributed by atoms with Crippen LogP contribution in [-0.2, 0) is 0 Å². The van der Waals surface area contributed by atoms with E-state index in [2.05, 4.69) is 26.2 Å². The van der Waals surface area contributed by atoms with Gasteiger partial charge in [-0.3, -0.25) is 10.1 Å². The Balaban J connectivity index is 0.00000104. The SMILES string of the molecule is Cc1nnc(NC(=O)c2cc([C@@H]3C[C@H]3NCC3CC3)cs2)s1.Cl.Cl. The van der Waals surface area contributed by atoms with Crippen LogP contribution in [0, 0.1) is 12.8 Å². The van der Waals surface area contributed by atoms with E-state index in [0.29, 0.717) is 17.1 Å². The lowest BCUT2D eigenvalue weighted by Gasteiger charge is -2.01. The summed E-state index contributed by atoms with van der Waals surface area (Å²) < 4.78 is 0. The molecule has 0 aromatic carbocycles. The van der Waals surface area contributed by atoms with Gasteiger partial charge in [0, 0.05) is 12.0 Å². The lowest BCUT2D eigenvalue weighted by Crippen LogP contribution is -2.20. The van der Waals surface area contributed by atoms with Crippen LogP contribution in [-0.4, -0.2) is 28.7 Å². The number of aromatic nitrogens is 2. The van der Waals surface area contributed by atoms with E-state index >= 15 is 0 Å². The number of halogens is 2. The minimum atomic E-state index is -0.0875. The highest BCUT2D eigenvalue weighted by atomic mass is 35.5. The first kappa shape index (κ1) is 19.6. The molecule has 9 heteroatoms. The minimum absolute atomic E-state index is 0. The number of amides is 1. The number of hydrogen-bond donors (Lipinski definition) is 2. The molecule has 2 N–H and O–H groups in total. The molecule has 2 atom stereocenters. The lowest BCUT2D eigenvalue weighted by molar-refractivity contribution is 0.103. The number of carbonyl (C=O) groups excluding carboxylic acids is 1. The van der Waals surface area contributed by atoms with Gasteiger partial charge in [0.15, 0.2) is 0 Å². The van der Waals surface area contributed by atoms with Gasteiger partial charge in [-0.2, -0.15) is 0 Å². The highest BCUT2D eigenvalue weighted by Crippen LogP contribution is 2.43. The third kappa shape index (κ3) is 4.67. The van der Waals surface area contributed by atoms with Crippen LogP contribution >= 0.6 is 47.5 Å². The van der Waals surface area contributed by atoms with Crippen molar-refractivity contribution in [1.29, 1.82) is 0 Å². The van der Waals surface area contributed by atoms with Crippen LogP contribution in [0.1, 0.15) is 45.4 Å². The molecular weight excluding hydrogens is 387 g/mol. The first-order chi connectivity index (χ1) is 10.7. The Morgan fingerprint density at radius 1 is 1.33 bits per heavy atom. The number of thiophene rings is 1. The summed E-state index contributed by atoms with van der Waals surface area (Å²) >= 11 is 2.90. The van der Waals surface area contributed by atoms with Crippen LogP contribution in [0.4, 0.5) is 5.13 Å². The quantitative estimate of drug-likeness (QED) is 0.763. The molecule has 2 fully saturated rings. The Kier molecular flexibility index (Phi) is 6.61. The van der Waals surface area contributed by atoms with E-state index in [9.17, 15) is 4.79 Å². The van der Waals surface area contributed by atoms with Crippen LogP contribution in [0.5, 0.6) is 0 Å². The Morgan fingerprint density at radius 2 is 2.12 bits per heavy atom. The summed E-state index contributed by atoms with van der Waals surface area (Å²) in [4.78, 5) is 13.0. The normalized spacial score (nSPS) is 21.5. The molecule has 2 aromatic rings. The van der Waals surface area contributed by atoms with Gasteiger partial charge >= 0.3 is 0 Å². The fourth-order valence-corrected chi connectivity index (χ4v) is 4.05. The molecule has 2 aliphatic rings. The number of nitrogens with zero attached hydrogens (tertiary/aromatic N) is 2. The van der Waals surface area contributed by atoms with Gasteiger partial charge in [0.1, 0.15) is 5.01 Å². The maximum absolute atomic E-state index is 12.2. The number of hydrogen-bond acceptors (Lipinski definition) is 6. The summed E-state index contributed by atoms with van der Waals surface area (Å²) in [5.41, 5.74) is 1.29. The smallest absolute Gasteiger partial charge is 0.267 e. The van der Waals surface area contributed by atoms with Gasteiger partial charge in [0.2, 0.25) is 5.13 Å². The van der Waals surface area contributed by atoms with Crippen molar-refractivity contribution in [2.75, 3.05) is 11.9 Å². The van der Waals surface area contributed by atoms with Crippen molar-refractivity contribution in [1.82, 2.24) is 15.5 Å². The number of aryl methyl sites for hydroxylation is 1. The van der Waals surface area contributed by atoms with Crippen LogP contribution in [0.3, 0.4) is 0 Å². The van der Waals surface area contributed by atoms with Gasteiger partial charge in [-0.25, -0.2) is 0 Å². The molecule has 0 spiro atoms. The Hall–Kier alpha value is -0.730. The van der Waals surface area contributed by atoms with Crippen molar-refractivity contribution in [3.05, 3.63) is 26.9 Å². The van der Waals surface area contributed by atoms with Gasteiger partial charge in [-0.05, 0) is 55.7 Å². The summed E-state index contributed by atoms with van der Waals surface area (Å²) in [7, 11) is 0. The first-order valence-corrected chi connectivity index (χ1v) is 9.32. The maximum Gasteiger partial charge on any atom is 0.267 e. The number of anilines is 1. The second-order valence-electron chi connectivity index (χ2n) is 6.12. The molecular formula is C15H20Cl2N4OS2. The van der Waals surface area contributed by atoms with E-state index in [4.69, 9.17) is 0 Å². The van der Waals surface area contributed by atoms with E-state index in [1.807, 2.05) is 13.0 Å². The summed E-state index contributed by atoms with van der Waals surface area (Å²) in [5, 5.41) is 17.8. The van der Waals surface area contributed by atoms with Crippen molar-refractivity contribution in [2.45, 2.75) is 38.1 Å². The van der Waals surface area contributed by atoms with E-state index in [1.54, 1.807) is 0 Å². The van der Waals surface area contributed by atoms with Crippen molar-refractivity contribution in [3.63, 3.8) is 0 Å². The Morgan fingerprint density at radius 3 is 2.79 bits per heavy atom. The Labute approximate surface area is 161 Å². The van der Waals surface area contributed by atoms with Crippen molar-refractivity contribution < 1.29 is 4.79 Å². The molecule has 0 unspecified atom stereocenters. The second-order valence-corrected chi connectivity index (χ2v) is 8.22. The predicted molar refractivity (Wildman–Crippen MR) is 103 cm³/mol. The highest BCUT2D eigenvalue weighted by Gasteiger charge is 2.39. The molecule has 24 heavy (non-hydrogen) atoms. The maximum atomic E-state index is 12.2. The molecule has 5 nitrogen and oxygen atoms in total. The summed E-state index contributed by atoms with van der Waals surface area (Å²) in [5.74, 6) is 1.41. The molecule has 0 saturated heterocycles. The molecule has 2 saturated carbocycles. The van der Waals surface area contributed by atoms with E-state index in [0.717, 1.165) is 22.3 Å². The van der Waals surface area contributed by atoms with E-state index < -0.39 is 0 Å². The molecule has 4 rings (SSSR count). The van der Waals surface area contributed by atoms with Crippen molar-refractivity contribution in [2.24, 2.45) is 5.92 Å². The number of carbonyl (C=O) groups is 1. The summed E-state index contributed by atoms with van der Waals surface area (Å²) in [6, 6.07) is 2.63. The Bertz CT molecular complexity index is 701. The second kappa shape index (κ2) is 8.10. The molecule has 2 heterocycles. The van der Waals surface area contributed by atoms with Crippen molar-refractivity contribution >= 4 is 58.5 Å². The third-order valence-electron chi connectivity index (χ3n) is 4.17. The van der Waals surface area contributed by atoms with Crippen LogP contribution in [0.25, 0.3) is 0 Å². The molecule has 0 radical (unpaired) electrons. The third-order valence-corrected chi connectivity index (χ3v) is 5.88. The zero-order chi connectivity index (χ0) is 15.1. The predicted octanol–water partition coefficient (Wildman–Crippen LogP) is 3.86. The van der Waals surface area contributed by atoms with Crippen LogP contribution in [0.2, 0.25) is 0 Å². The minimum Gasteiger partial charge on any atom is -0.313 e. The van der Waals surface area contributed by atoms with Gasteiger partial charge in [0.25, 0.3) is 5.91 Å². The zero-order valence-electron chi connectivity index (χ0n) is 13.2. The van der Waals surface area contributed by atoms with E-state index in [-0.39, 0.29) is 30.7 Å². The molecule has 2 aromatic heterocycles. The first-order valence-electron chi connectivity index (χ1n) is 7.62. The fourth-order valence-electron chi connectivity index (χ4n) is 2.60. The summed E-state index contributed by atoms with van der Waals surface area (Å²) in [6.07, 6.45) is 3.97. The molecule has 1 amide bonds. The summed E-state index contributed by atoms with van der Waals surface area (Å²) in [6.45, 7) is 3.04. The molecule has 132 valence electrons. The number of rotatable bonds is 6. The topological polar surface area (TPSA) is 66.9 Å². The molecule has 0 aliphatic heterocycles. The van der Waals surface area contributed by atoms with E-state index in [1.165, 1.54) is 47.5 Å². The standard InChI is InChI=1S/C15H18N4OS2.2ClH/c1-8-18-19-15(22-8)17-14(20)13-4-10(7-21-13)11-5-12(11)16-6-9-2-3-9;;/h4,7,9,11-12,16H,2-3,5-6H2,1H3,(H,17,19,20);2*1H/t11-,12+;;/m0../s1. The number of nitrogens with one attached hydrogen (secondary N) is 2.